The third kappa shape index (κ3) is 3.61. The van der Waals surface area contributed by atoms with Gasteiger partial charge in [0.1, 0.15) is 17.7 Å². The molecule has 0 radical (unpaired) electrons. The molecule has 4 nitrogen and oxygen atoms in total. The predicted octanol–water partition coefficient (Wildman–Crippen LogP) is 4.99. The Bertz CT molecular complexity index is 962. The second-order valence-electron chi connectivity index (χ2n) is 6.66. The largest absolute Gasteiger partial charge is 0.508 e. The van der Waals surface area contributed by atoms with Crippen molar-refractivity contribution in [1.29, 1.82) is 0 Å². The van der Waals surface area contributed by atoms with E-state index >= 15 is 0 Å². The molecule has 5 heteroatoms. The number of rotatable bonds is 4. The van der Waals surface area contributed by atoms with Crippen molar-refractivity contribution in [2.45, 2.75) is 25.6 Å². The average Bonchev–Trinajstić information content (AvgIpc) is 3.14. The zero-order valence-electron chi connectivity index (χ0n) is 15.3. The van der Waals surface area contributed by atoms with E-state index in [1.165, 1.54) is 10.4 Å². The maximum Gasteiger partial charge on any atom is 0.135 e. The Kier molecular flexibility index (Phi) is 4.97. The minimum Gasteiger partial charge on any atom is -0.508 e. The molecular formula is C22H22N2O2S. The molecule has 1 aliphatic heterocycles. The van der Waals surface area contributed by atoms with Crippen LogP contribution in [0, 0.1) is 6.92 Å². The SMILES string of the molecule is COc1ccc(C2=N[C@H](c3sccc3C)N[C@@H](c3ccccc3O)C2)cc1. The molecule has 0 unspecified atom stereocenters. The van der Waals surface area contributed by atoms with Crippen LogP contribution in [-0.4, -0.2) is 17.9 Å². The van der Waals surface area contributed by atoms with Gasteiger partial charge in [-0.25, -0.2) is 0 Å². The van der Waals surface area contributed by atoms with Crippen LogP contribution in [-0.2, 0) is 0 Å². The van der Waals surface area contributed by atoms with Crippen LogP contribution in [0.15, 0.2) is 65.0 Å². The molecule has 27 heavy (non-hydrogen) atoms. The monoisotopic (exact) mass is 378 g/mol. The summed E-state index contributed by atoms with van der Waals surface area (Å²) in [6.45, 7) is 2.11. The van der Waals surface area contributed by atoms with Gasteiger partial charge in [0, 0.05) is 28.6 Å². The van der Waals surface area contributed by atoms with Crippen LogP contribution in [0.1, 0.15) is 40.2 Å². The highest BCUT2D eigenvalue weighted by Crippen LogP contribution is 2.36. The summed E-state index contributed by atoms with van der Waals surface area (Å²) >= 11 is 1.71. The summed E-state index contributed by atoms with van der Waals surface area (Å²) in [5.41, 5.74) is 4.24. The maximum absolute atomic E-state index is 10.4. The van der Waals surface area contributed by atoms with Gasteiger partial charge in [0.2, 0.25) is 0 Å². The lowest BCUT2D eigenvalue weighted by Gasteiger charge is -2.30. The van der Waals surface area contributed by atoms with Crippen molar-refractivity contribution in [1.82, 2.24) is 5.32 Å². The van der Waals surface area contributed by atoms with Crippen LogP contribution < -0.4 is 10.1 Å². The third-order valence-corrected chi connectivity index (χ3v) is 6.00. The fourth-order valence-electron chi connectivity index (χ4n) is 3.45. The molecule has 2 N–H and O–H groups in total. The second kappa shape index (κ2) is 7.55. The van der Waals surface area contributed by atoms with Gasteiger partial charge >= 0.3 is 0 Å². The number of ether oxygens (including phenoxy) is 1. The lowest BCUT2D eigenvalue weighted by molar-refractivity contribution is 0.413. The number of aromatic hydroxyl groups is 1. The highest BCUT2D eigenvalue weighted by atomic mass is 32.1. The Labute approximate surface area is 163 Å². The molecule has 1 aromatic heterocycles. The minimum atomic E-state index is -0.125. The summed E-state index contributed by atoms with van der Waals surface area (Å²) in [6.07, 6.45) is 0.589. The van der Waals surface area contributed by atoms with Crippen molar-refractivity contribution in [2.75, 3.05) is 7.11 Å². The van der Waals surface area contributed by atoms with Gasteiger partial charge in [0.15, 0.2) is 0 Å². The smallest absolute Gasteiger partial charge is 0.135 e. The van der Waals surface area contributed by atoms with E-state index in [-0.39, 0.29) is 12.2 Å². The van der Waals surface area contributed by atoms with Crippen molar-refractivity contribution in [3.05, 3.63) is 81.5 Å². The Morgan fingerprint density at radius 1 is 1.11 bits per heavy atom. The van der Waals surface area contributed by atoms with E-state index in [0.29, 0.717) is 12.2 Å². The zero-order valence-corrected chi connectivity index (χ0v) is 16.2. The molecular weight excluding hydrogens is 356 g/mol. The molecule has 0 amide bonds. The van der Waals surface area contributed by atoms with Crippen LogP contribution in [0.3, 0.4) is 0 Å². The first kappa shape index (κ1) is 17.8. The number of nitrogens with zero attached hydrogens (tertiary/aromatic N) is 1. The molecule has 2 aromatic carbocycles. The number of para-hydroxylation sites is 1. The van der Waals surface area contributed by atoms with Gasteiger partial charge in [-0.3, -0.25) is 10.3 Å². The second-order valence-corrected chi connectivity index (χ2v) is 7.60. The average molecular weight is 378 g/mol. The van der Waals surface area contributed by atoms with E-state index in [0.717, 1.165) is 22.6 Å². The summed E-state index contributed by atoms with van der Waals surface area (Å²) in [4.78, 5) is 6.22. The number of aryl methyl sites for hydroxylation is 1. The van der Waals surface area contributed by atoms with E-state index in [1.807, 2.05) is 42.5 Å². The summed E-state index contributed by atoms with van der Waals surface area (Å²) in [5.74, 6) is 1.14. The molecule has 0 spiro atoms. The fourth-order valence-corrected chi connectivity index (χ4v) is 4.37. The molecule has 2 atom stereocenters. The van der Waals surface area contributed by atoms with Crippen LogP contribution >= 0.6 is 11.3 Å². The van der Waals surface area contributed by atoms with Gasteiger partial charge in [-0.1, -0.05) is 18.2 Å². The predicted molar refractivity (Wildman–Crippen MR) is 110 cm³/mol. The van der Waals surface area contributed by atoms with Gasteiger partial charge in [-0.15, -0.1) is 11.3 Å². The standard InChI is InChI=1S/C22H22N2O2S/c1-14-11-12-27-21(14)22-23-18(15-7-9-16(26-2)10-8-15)13-19(24-22)17-5-3-4-6-20(17)25/h3-12,19,22,24-25H,13H2,1-2H3/t19-,22+/m1/s1. The molecule has 0 saturated carbocycles. The summed E-state index contributed by atoms with van der Waals surface area (Å²) in [6, 6.07) is 17.6. The maximum atomic E-state index is 10.4. The lowest BCUT2D eigenvalue weighted by atomic mass is 9.94. The molecule has 2 heterocycles. The van der Waals surface area contributed by atoms with E-state index in [2.05, 4.69) is 23.7 Å². The quantitative estimate of drug-likeness (QED) is 0.672. The van der Waals surface area contributed by atoms with Crippen LogP contribution in [0.25, 0.3) is 0 Å². The van der Waals surface area contributed by atoms with Crippen LogP contribution in [0.4, 0.5) is 0 Å². The Morgan fingerprint density at radius 3 is 2.56 bits per heavy atom. The molecule has 4 rings (SSSR count). The zero-order chi connectivity index (χ0) is 18.8. The van der Waals surface area contributed by atoms with Crippen molar-refractivity contribution in [3.8, 4) is 11.5 Å². The van der Waals surface area contributed by atoms with Crippen molar-refractivity contribution >= 4 is 17.0 Å². The Morgan fingerprint density at radius 2 is 1.89 bits per heavy atom. The first-order chi connectivity index (χ1) is 13.2. The van der Waals surface area contributed by atoms with Crippen molar-refractivity contribution in [3.63, 3.8) is 0 Å². The number of nitrogens with one attached hydrogen (secondary N) is 1. The van der Waals surface area contributed by atoms with Gasteiger partial charge in [-0.05, 0) is 59.8 Å². The molecule has 138 valence electrons. The highest BCUT2D eigenvalue weighted by molar-refractivity contribution is 7.10. The lowest BCUT2D eigenvalue weighted by Crippen LogP contribution is -2.33. The van der Waals surface area contributed by atoms with Gasteiger partial charge in [0.25, 0.3) is 0 Å². The molecule has 0 saturated heterocycles. The topological polar surface area (TPSA) is 53.8 Å². The van der Waals surface area contributed by atoms with E-state index in [4.69, 9.17) is 9.73 Å². The Balaban J connectivity index is 1.74. The fraction of sp³-hybridized carbons (Fsp3) is 0.227. The minimum absolute atomic E-state index is 0.00713. The number of hydrogen-bond donors (Lipinski definition) is 2. The molecule has 1 aliphatic rings. The summed E-state index contributed by atoms with van der Waals surface area (Å²) in [7, 11) is 1.67. The number of phenols is 1. The van der Waals surface area contributed by atoms with Gasteiger partial charge in [0.05, 0.1) is 7.11 Å². The molecule has 3 aromatic rings. The first-order valence-corrected chi connectivity index (χ1v) is 9.82. The number of hydrogen-bond acceptors (Lipinski definition) is 5. The molecule has 0 bridgehead atoms. The van der Waals surface area contributed by atoms with Gasteiger partial charge < -0.3 is 9.84 Å². The van der Waals surface area contributed by atoms with E-state index in [9.17, 15) is 5.11 Å². The van der Waals surface area contributed by atoms with Gasteiger partial charge in [-0.2, -0.15) is 0 Å². The van der Waals surface area contributed by atoms with Crippen molar-refractivity contribution < 1.29 is 9.84 Å². The van der Waals surface area contributed by atoms with Crippen LogP contribution in [0.5, 0.6) is 11.5 Å². The third-order valence-electron chi connectivity index (χ3n) is 4.93. The number of thiophene rings is 1. The number of aliphatic imine (C=N–C) groups is 1. The van der Waals surface area contributed by atoms with Crippen LogP contribution in [0.2, 0.25) is 0 Å². The number of methoxy groups -OCH3 is 1. The normalized spacial score (nSPS) is 19.6. The number of phenolic OH excluding ortho intramolecular Hbond substituents is 1. The first-order valence-electron chi connectivity index (χ1n) is 8.94. The van der Waals surface area contributed by atoms with Crippen molar-refractivity contribution in [2.24, 2.45) is 4.99 Å². The number of benzene rings is 2. The molecule has 0 aliphatic carbocycles. The Hall–Kier alpha value is -2.63. The highest BCUT2D eigenvalue weighted by Gasteiger charge is 2.28. The van der Waals surface area contributed by atoms with E-state index < -0.39 is 0 Å². The molecule has 0 fully saturated rings. The summed E-state index contributed by atoms with van der Waals surface area (Å²) in [5, 5.41) is 16.1. The summed E-state index contributed by atoms with van der Waals surface area (Å²) < 4.78 is 5.27. The van der Waals surface area contributed by atoms with E-state index in [1.54, 1.807) is 24.5 Å².